The largest absolute Gasteiger partial charge is 0.371 e. The fourth-order valence-electron chi connectivity index (χ4n) is 1.60. The molecule has 0 saturated heterocycles. The van der Waals surface area contributed by atoms with Crippen LogP contribution in [-0.4, -0.2) is 33.8 Å². The molecule has 3 N–H and O–H groups in total. The van der Waals surface area contributed by atoms with E-state index in [1.807, 2.05) is 45.5 Å². The highest BCUT2D eigenvalue weighted by Crippen LogP contribution is 2.16. The number of nitrogens with one attached hydrogen (secondary N) is 3. The molecule has 7 nitrogen and oxygen atoms in total. The predicted octanol–water partition coefficient (Wildman–Crippen LogP) is 1.67. The number of aromatic nitrogens is 2. The van der Waals surface area contributed by atoms with Gasteiger partial charge in [0.2, 0.25) is 5.91 Å². The first-order valence-electron chi connectivity index (χ1n) is 7.02. The standard InChI is InChI=1S/C14H25N5O2/c1-9(2)16-13(21)18-12(20)10(3)17-11-7-15-19(8-11)14(4,5)6/h7-10,17H,1-6H3,(H2,16,18,20,21)/t10-/m0/s1. The highest BCUT2D eigenvalue weighted by Gasteiger charge is 2.18. The summed E-state index contributed by atoms with van der Waals surface area (Å²) in [4.78, 5) is 23.4. The molecule has 0 saturated carbocycles. The second-order valence-corrected chi connectivity index (χ2v) is 6.33. The lowest BCUT2D eigenvalue weighted by Gasteiger charge is -2.19. The number of anilines is 1. The second-order valence-electron chi connectivity index (χ2n) is 6.33. The van der Waals surface area contributed by atoms with Crippen LogP contribution >= 0.6 is 0 Å². The fourth-order valence-corrected chi connectivity index (χ4v) is 1.60. The number of amides is 3. The molecule has 21 heavy (non-hydrogen) atoms. The number of hydrogen-bond acceptors (Lipinski definition) is 4. The highest BCUT2D eigenvalue weighted by atomic mass is 16.2. The van der Waals surface area contributed by atoms with E-state index in [1.54, 1.807) is 13.1 Å². The first-order valence-corrected chi connectivity index (χ1v) is 7.02. The molecule has 0 aliphatic rings. The highest BCUT2D eigenvalue weighted by molar-refractivity contribution is 5.98. The molecule has 1 rings (SSSR count). The minimum Gasteiger partial charge on any atom is -0.371 e. The summed E-state index contributed by atoms with van der Waals surface area (Å²) in [6.07, 6.45) is 3.49. The van der Waals surface area contributed by atoms with Gasteiger partial charge in [-0.25, -0.2) is 4.79 Å². The number of carbonyl (C=O) groups excluding carboxylic acids is 2. The van der Waals surface area contributed by atoms with Crippen LogP contribution in [0.4, 0.5) is 10.5 Å². The van der Waals surface area contributed by atoms with E-state index in [0.29, 0.717) is 0 Å². The fraction of sp³-hybridized carbons (Fsp3) is 0.643. The Hall–Kier alpha value is -2.05. The summed E-state index contributed by atoms with van der Waals surface area (Å²) >= 11 is 0. The van der Waals surface area contributed by atoms with Gasteiger partial charge in [0.1, 0.15) is 6.04 Å². The molecule has 0 aliphatic carbocycles. The molecule has 0 aromatic carbocycles. The molecule has 1 atom stereocenters. The van der Waals surface area contributed by atoms with Gasteiger partial charge in [-0.2, -0.15) is 5.10 Å². The Bertz CT molecular complexity index is 502. The van der Waals surface area contributed by atoms with Gasteiger partial charge in [0.15, 0.2) is 0 Å². The van der Waals surface area contributed by atoms with Crippen molar-refractivity contribution in [2.45, 2.75) is 59.2 Å². The van der Waals surface area contributed by atoms with Gasteiger partial charge in [-0.15, -0.1) is 0 Å². The van der Waals surface area contributed by atoms with Crippen molar-refractivity contribution in [2.24, 2.45) is 0 Å². The summed E-state index contributed by atoms with van der Waals surface area (Å²) in [5.41, 5.74) is 0.611. The number of carbonyl (C=O) groups is 2. The van der Waals surface area contributed by atoms with E-state index >= 15 is 0 Å². The first kappa shape index (κ1) is 17.0. The quantitative estimate of drug-likeness (QED) is 0.788. The Labute approximate surface area is 125 Å². The smallest absolute Gasteiger partial charge is 0.321 e. The van der Waals surface area contributed by atoms with Crippen LogP contribution in [0.2, 0.25) is 0 Å². The van der Waals surface area contributed by atoms with E-state index in [1.165, 1.54) is 0 Å². The van der Waals surface area contributed by atoms with Crippen molar-refractivity contribution in [3.8, 4) is 0 Å². The molecule has 0 aliphatic heterocycles. The second kappa shape index (κ2) is 6.60. The van der Waals surface area contributed by atoms with Crippen molar-refractivity contribution in [2.75, 3.05) is 5.32 Å². The summed E-state index contributed by atoms with van der Waals surface area (Å²) < 4.78 is 1.81. The number of nitrogens with zero attached hydrogens (tertiary/aromatic N) is 2. The number of rotatable bonds is 4. The van der Waals surface area contributed by atoms with Crippen LogP contribution < -0.4 is 16.0 Å². The van der Waals surface area contributed by atoms with E-state index in [4.69, 9.17) is 0 Å². The van der Waals surface area contributed by atoms with Gasteiger partial charge in [-0.05, 0) is 41.5 Å². The lowest BCUT2D eigenvalue weighted by Crippen LogP contribution is -2.47. The minimum atomic E-state index is -0.541. The maximum atomic E-state index is 11.9. The SMILES string of the molecule is CC(C)NC(=O)NC(=O)[C@H](C)Nc1cnn(C(C)(C)C)c1. The normalized spacial score (nSPS) is 12.9. The van der Waals surface area contributed by atoms with E-state index in [0.717, 1.165) is 5.69 Å². The van der Waals surface area contributed by atoms with Crippen LogP contribution in [0.5, 0.6) is 0 Å². The van der Waals surface area contributed by atoms with E-state index in [2.05, 4.69) is 21.0 Å². The van der Waals surface area contributed by atoms with Crippen LogP contribution in [0.3, 0.4) is 0 Å². The van der Waals surface area contributed by atoms with Gasteiger partial charge in [-0.3, -0.25) is 14.8 Å². The Morgan fingerprint density at radius 3 is 2.33 bits per heavy atom. The van der Waals surface area contributed by atoms with Gasteiger partial charge in [0.25, 0.3) is 0 Å². The monoisotopic (exact) mass is 295 g/mol. The average Bonchev–Trinajstić information content (AvgIpc) is 2.75. The molecule has 7 heteroatoms. The molecule has 1 heterocycles. The Morgan fingerprint density at radius 2 is 1.86 bits per heavy atom. The van der Waals surface area contributed by atoms with Gasteiger partial charge >= 0.3 is 6.03 Å². The summed E-state index contributed by atoms with van der Waals surface area (Å²) in [6.45, 7) is 11.5. The maximum Gasteiger partial charge on any atom is 0.321 e. The summed E-state index contributed by atoms with van der Waals surface area (Å²) in [6, 6.07) is -1.05. The van der Waals surface area contributed by atoms with Gasteiger partial charge in [-0.1, -0.05) is 0 Å². The van der Waals surface area contributed by atoms with Crippen molar-refractivity contribution < 1.29 is 9.59 Å². The molecule has 0 spiro atoms. The zero-order chi connectivity index (χ0) is 16.2. The lowest BCUT2D eigenvalue weighted by atomic mass is 10.1. The van der Waals surface area contributed by atoms with Gasteiger partial charge in [0, 0.05) is 12.2 Å². The molecule has 0 fully saturated rings. The minimum absolute atomic E-state index is 0.0221. The van der Waals surface area contributed by atoms with Gasteiger partial charge < -0.3 is 10.6 Å². The van der Waals surface area contributed by atoms with Crippen molar-refractivity contribution in [1.82, 2.24) is 20.4 Å². The van der Waals surface area contributed by atoms with Crippen molar-refractivity contribution in [1.29, 1.82) is 0 Å². The van der Waals surface area contributed by atoms with E-state index in [9.17, 15) is 9.59 Å². The predicted molar refractivity (Wildman–Crippen MR) is 82.1 cm³/mol. The summed E-state index contributed by atoms with van der Waals surface area (Å²) in [7, 11) is 0. The first-order chi connectivity index (χ1) is 9.59. The zero-order valence-corrected chi connectivity index (χ0v) is 13.5. The molecule has 118 valence electrons. The Kier molecular flexibility index (Phi) is 5.34. The summed E-state index contributed by atoms with van der Waals surface area (Å²) in [5, 5.41) is 12.2. The average molecular weight is 295 g/mol. The maximum absolute atomic E-state index is 11.9. The molecule has 0 bridgehead atoms. The Balaban J connectivity index is 2.56. The van der Waals surface area contributed by atoms with Crippen LogP contribution in [-0.2, 0) is 10.3 Å². The third kappa shape index (κ3) is 5.45. The molecule has 0 radical (unpaired) electrons. The third-order valence-corrected chi connectivity index (χ3v) is 2.70. The third-order valence-electron chi connectivity index (χ3n) is 2.70. The van der Waals surface area contributed by atoms with Gasteiger partial charge in [0.05, 0.1) is 17.4 Å². The number of hydrogen-bond donors (Lipinski definition) is 3. The van der Waals surface area contributed by atoms with Crippen LogP contribution in [0.25, 0.3) is 0 Å². The molecule has 3 amide bonds. The number of urea groups is 1. The molecular weight excluding hydrogens is 270 g/mol. The molecule has 1 aromatic rings. The van der Waals surface area contributed by atoms with Crippen LogP contribution in [0.1, 0.15) is 41.5 Å². The molecular formula is C14H25N5O2. The summed E-state index contributed by atoms with van der Waals surface area (Å²) in [5.74, 6) is -0.392. The number of imide groups is 1. The lowest BCUT2D eigenvalue weighted by molar-refractivity contribution is -0.120. The van der Waals surface area contributed by atoms with E-state index < -0.39 is 18.0 Å². The van der Waals surface area contributed by atoms with Crippen molar-refractivity contribution in [3.63, 3.8) is 0 Å². The molecule has 0 unspecified atom stereocenters. The molecule has 1 aromatic heterocycles. The van der Waals surface area contributed by atoms with Crippen molar-refractivity contribution in [3.05, 3.63) is 12.4 Å². The van der Waals surface area contributed by atoms with E-state index in [-0.39, 0.29) is 11.6 Å². The Morgan fingerprint density at radius 1 is 1.24 bits per heavy atom. The van der Waals surface area contributed by atoms with Crippen LogP contribution in [0, 0.1) is 0 Å². The van der Waals surface area contributed by atoms with Crippen LogP contribution in [0.15, 0.2) is 12.4 Å². The topological polar surface area (TPSA) is 88.1 Å². The van der Waals surface area contributed by atoms with Crippen molar-refractivity contribution >= 4 is 17.6 Å². The zero-order valence-electron chi connectivity index (χ0n) is 13.5.